The van der Waals surface area contributed by atoms with Crippen molar-refractivity contribution < 1.29 is 13.2 Å². The predicted molar refractivity (Wildman–Crippen MR) is 57.3 cm³/mol. The number of aromatic nitrogens is 2. The van der Waals surface area contributed by atoms with Crippen molar-refractivity contribution >= 4 is 21.4 Å². The van der Waals surface area contributed by atoms with Crippen LogP contribution in [-0.4, -0.2) is 9.38 Å². The summed E-state index contributed by atoms with van der Waals surface area (Å²) in [4.78, 5) is 3.49. The summed E-state index contributed by atoms with van der Waals surface area (Å²) in [7, 11) is 0. The predicted octanol–water partition coefficient (Wildman–Crippen LogP) is 3.68. The van der Waals surface area contributed by atoms with Gasteiger partial charge in [0.1, 0.15) is 4.60 Å². The first kappa shape index (κ1) is 11.4. The van der Waals surface area contributed by atoms with Gasteiger partial charge >= 0.3 is 6.18 Å². The molecule has 2 nitrogen and oxygen atoms in total. The third kappa shape index (κ3) is 1.81. The second kappa shape index (κ2) is 3.76. The third-order valence-electron chi connectivity index (χ3n) is 2.32. The molecule has 0 atom stereocenters. The normalized spacial score (nSPS) is 12.3. The van der Waals surface area contributed by atoms with Crippen LogP contribution in [0.4, 0.5) is 13.2 Å². The van der Waals surface area contributed by atoms with E-state index in [0.29, 0.717) is 11.9 Å². The van der Waals surface area contributed by atoms with Crippen LogP contribution in [0.3, 0.4) is 0 Å². The van der Waals surface area contributed by atoms with E-state index in [4.69, 9.17) is 0 Å². The SMILES string of the molecule is CCc1ccc2c(Br)nc(C(F)(F)F)n2c1. The molecule has 0 saturated carbocycles. The Morgan fingerprint density at radius 3 is 2.62 bits per heavy atom. The quantitative estimate of drug-likeness (QED) is 0.784. The van der Waals surface area contributed by atoms with Gasteiger partial charge in [-0.2, -0.15) is 13.2 Å². The van der Waals surface area contributed by atoms with Crippen LogP contribution in [0.25, 0.3) is 5.52 Å². The molecule has 0 bridgehead atoms. The number of halogens is 4. The minimum absolute atomic E-state index is 0.211. The molecule has 2 aromatic heterocycles. The number of fused-ring (bicyclic) bond motifs is 1. The number of imidazole rings is 1. The van der Waals surface area contributed by atoms with E-state index in [9.17, 15) is 13.2 Å². The molecule has 0 N–H and O–H groups in total. The average Bonchev–Trinajstić information content (AvgIpc) is 2.55. The molecule has 6 heteroatoms. The summed E-state index contributed by atoms with van der Waals surface area (Å²) in [6.45, 7) is 1.89. The molecular weight excluding hydrogens is 285 g/mol. The van der Waals surface area contributed by atoms with Crippen molar-refractivity contribution in [3.8, 4) is 0 Å². The highest BCUT2D eigenvalue weighted by molar-refractivity contribution is 9.10. The molecule has 0 radical (unpaired) electrons. The Morgan fingerprint density at radius 1 is 1.38 bits per heavy atom. The fraction of sp³-hybridized carbons (Fsp3) is 0.300. The summed E-state index contributed by atoms with van der Waals surface area (Å²) < 4.78 is 39.3. The topological polar surface area (TPSA) is 17.3 Å². The van der Waals surface area contributed by atoms with Crippen LogP contribution in [0, 0.1) is 0 Å². The lowest BCUT2D eigenvalue weighted by atomic mass is 10.2. The molecule has 0 aliphatic carbocycles. The van der Waals surface area contributed by atoms with Gasteiger partial charge in [0.15, 0.2) is 0 Å². The molecule has 86 valence electrons. The summed E-state index contributed by atoms with van der Waals surface area (Å²) in [6, 6.07) is 3.42. The Labute approximate surface area is 98.2 Å². The number of pyridine rings is 1. The van der Waals surface area contributed by atoms with Gasteiger partial charge in [-0.3, -0.25) is 4.40 Å². The van der Waals surface area contributed by atoms with E-state index in [-0.39, 0.29) is 4.60 Å². The minimum Gasteiger partial charge on any atom is -0.295 e. The zero-order chi connectivity index (χ0) is 11.9. The first-order chi connectivity index (χ1) is 7.43. The fourth-order valence-electron chi connectivity index (χ4n) is 1.50. The summed E-state index contributed by atoms with van der Waals surface area (Å²) >= 11 is 3.02. The van der Waals surface area contributed by atoms with Crippen LogP contribution in [-0.2, 0) is 12.6 Å². The highest BCUT2D eigenvalue weighted by atomic mass is 79.9. The van der Waals surface area contributed by atoms with E-state index in [1.165, 1.54) is 6.20 Å². The molecule has 0 spiro atoms. The standard InChI is InChI=1S/C10H8BrF3N2/c1-2-6-3-4-7-8(11)15-9(10(12,13)14)16(7)5-6/h3-5H,2H2,1H3. The molecule has 0 amide bonds. The van der Waals surface area contributed by atoms with Crippen molar-refractivity contribution in [2.24, 2.45) is 0 Å². The number of aryl methyl sites for hydroxylation is 1. The Bertz CT molecular complexity index is 531. The first-order valence-electron chi connectivity index (χ1n) is 4.67. The van der Waals surface area contributed by atoms with E-state index >= 15 is 0 Å². The lowest BCUT2D eigenvalue weighted by Crippen LogP contribution is -2.10. The van der Waals surface area contributed by atoms with Crippen LogP contribution >= 0.6 is 15.9 Å². The molecule has 0 fully saturated rings. The van der Waals surface area contributed by atoms with Crippen LogP contribution in [0.5, 0.6) is 0 Å². The molecule has 2 heterocycles. The Balaban J connectivity index is 2.75. The smallest absolute Gasteiger partial charge is 0.295 e. The van der Waals surface area contributed by atoms with Crippen molar-refractivity contribution in [3.05, 3.63) is 34.3 Å². The maximum Gasteiger partial charge on any atom is 0.450 e. The molecule has 0 unspecified atom stereocenters. The van der Waals surface area contributed by atoms with Crippen molar-refractivity contribution in [3.63, 3.8) is 0 Å². The summed E-state index contributed by atoms with van der Waals surface area (Å²) in [6.07, 6.45) is -2.29. The average molecular weight is 293 g/mol. The summed E-state index contributed by atoms with van der Waals surface area (Å²) in [5.74, 6) is -0.898. The van der Waals surface area contributed by atoms with Gasteiger partial charge in [0.25, 0.3) is 0 Å². The number of rotatable bonds is 1. The fourth-order valence-corrected chi connectivity index (χ4v) is 1.99. The molecule has 0 aromatic carbocycles. The lowest BCUT2D eigenvalue weighted by Gasteiger charge is -2.06. The van der Waals surface area contributed by atoms with Crippen molar-refractivity contribution in [1.29, 1.82) is 0 Å². The largest absolute Gasteiger partial charge is 0.450 e. The van der Waals surface area contributed by atoms with Gasteiger partial charge in [-0.1, -0.05) is 13.0 Å². The zero-order valence-electron chi connectivity index (χ0n) is 8.35. The monoisotopic (exact) mass is 292 g/mol. The second-order valence-electron chi connectivity index (χ2n) is 3.37. The Hall–Kier alpha value is -1.04. The molecule has 0 aliphatic heterocycles. The number of hydrogen-bond donors (Lipinski definition) is 0. The number of hydrogen-bond acceptors (Lipinski definition) is 1. The first-order valence-corrected chi connectivity index (χ1v) is 5.46. The van der Waals surface area contributed by atoms with Gasteiger partial charge < -0.3 is 0 Å². The molecule has 0 saturated heterocycles. The highest BCUT2D eigenvalue weighted by Crippen LogP contribution is 2.32. The maximum absolute atomic E-state index is 12.7. The second-order valence-corrected chi connectivity index (χ2v) is 4.12. The van der Waals surface area contributed by atoms with E-state index in [1.807, 2.05) is 6.92 Å². The number of alkyl halides is 3. The van der Waals surface area contributed by atoms with E-state index < -0.39 is 12.0 Å². The molecule has 16 heavy (non-hydrogen) atoms. The van der Waals surface area contributed by atoms with Crippen LogP contribution < -0.4 is 0 Å². The molecule has 2 rings (SSSR count). The summed E-state index contributed by atoms with van der Waals surface area (Å²) in [5.41, 5.74) is 1.26. The van der Waals surface area contributed by atoms with Gasteiger partial charge in [-0.15, -0.1) is 0 Å². The van der Waals surface area contributed by atoms with Crippen molar-refractivity contribution in [2.75, 3.05) is 0 Å². The summed E-state index contributed by atoms with van der Waals surface area (Å²) in [5, 5.41) is 0. The lowest BCUT2D eigenvalue weighted by molar-refractivity contribution is -0.145. The van der Waals surface area contributed by atoms with Crippen molar-refractivity contribution in [2.45, 2.75) is 19.5 Å². The van der Waals surface area contributed by atoms with Crippen LogP contribution in [0.2, 0.25) is 0 Å². The van der Waals surface area contributed by atoms with E-state index in [1.54, 1.807) is 12.1 Å². The Kier molecular flexibility index (Phi) is 2.69. The van der Waals surface area contributed by atoms with Gasteiger partial charge in [0, 0.05) is 6.20 Å². The molecular formula is C10H8BrF3N2. The zero-order valence-corrected chi connectivity index (χ0v) is 9.93. The van der Waals surface area contributed by atoms with Gasteiger partial charge in [-0.25, -0.2) is 4.98 Å². The van der Waals surface area contributed by atoms with Gasteiger partial charge in [0.05, 0.1) is 5.52 Å². The molecule has 0 aliphatic rings. The number of nitrogens with zero attached hydrogens (tertiary/aromatic N) is 2. The van der Waals surface area contributed by atoms with Crippen molar-refractivity contribution in [1.82, 2.24) is 9.38 Å². The van der Waals surface area contributed by atoms with E-state index in [0.717, 1.165) is 9.96 Å². The molecule has 2 aromatic rings. The van der Waals surface area contributed by atoms with Gasteiger partial charge in [-0.05, 0) is 34.0 Å². The minimum atomic E-state index is -4.44. The van der Waals surface area contributed by atoms with E-state index in [2.05, 4.69) is 20.9 Å². The maximum atomic E-state index is 12.7. The Morgan fingerprint density at radius 2 is 2.06 bits per heavy atom. The van der Waals surface area contributed by atoms with Crippen LogP contribution in [0.15, 0.2) is 22.9 Å². The third-order valence-corrected chi connectivity index (χ3v) is 2.90. The highest BCUT2D eigenvalue weighted by Gasteiger charge is 2.36. The van der Waals surface area contributed by atoms with Crippen LogP contribution in [0.1, 0.15) is 18.3 Å². The van der Waals surface area contributed by atoms with Gasteiger partial charge in [0.2, 0.25) is 5.82 Å².